The van der Waals surface area contributed by atoms with Crippen LogP contribution in [0.4, 0.5) is 0 Å². The van der Waals surface area contributed by atoms with Crippen LogP contribution in [0.5, 0.6) is 0 Å². The highest BCUT2D eigenvalue weighted by atomic mass is 35.5. The third-order valence-corrected chi connectivity index (χ3v) is 12.5. The predicted octanol–water partition coefficient (Wildman–Crippen LogP) is 11.3. The van der Waals surface area contributed by atoms with Crippen LogP contribution < -0.4 is 12.4 Å². The van der Waals surface area contributed by atoms with Gasteiger partial charge in [0.25, 0.3) is 0 Å². The molecule has 1 atom stereocenters. The van der Waals surface area contributed by atoms with Crippen molar-refractivity contribution in [2.24, 2.45) is 0 Å². The van der Waals surface area contributed by atoms with E-state index in [0.29, 0.717) is 46.2 Å². The Kier molecular flexibility index (Phi) is 59.3. The highest BCUT2D eigenvalue weighted by molar-refractivity contribution is 4.82. The third kappa shape index (κ3) is 56.2. The maximum absolute atomic E-state index is 8.94. The first-order valence-corrected chi connectivity index (χ1v) is 28.4. The topological polar surface area (TPSA) is 95.8 Å². The largest absolute Gasteiger partial charge is 1.00 e. The van der Waals surface area contributed by atoms with Crippen molar-refractivity contribution >= 4 is 0 Å². The fourth-order valence-corrected chi connectivity index (χ4v) is 8.47. The van der Waals surface area contributed by atoms with Gasteiger partial charge >= 0.3 is 0 Å². The van der Waals surface area contributed by atoms with Crippen LogP contribution in [0.1, 0.15) is 232 Å². The standard InChI is InChI=1S/C57H114NO8.ClH/c1-5-7-9-11-13-15-17-19-21-23-25-27-29-31-36-40-46-63-55-56(64-47-41-37-32-30-28-26-24-22-20-18-16-14-12-10-8-6-2)54-58(3,4)43-39-35-33-34-38-42-57(65-52-50-61-48-44-59)66-53-51-62-49-45-60;/h19-22,56-57,59-60H,5-18,23-55H2,1-4H3;1H/q+1;/p-1. The summed E-state index contributed by atoms with van der Waals surface area (Å²) in [5.74, 6) is 0. The molecule has 0 amide bonds. The molecule has 0 aliphatic carbocycles. The van der Waals surface area contributed by atoms with Crippen molar-refractivity contribution in [3.63, 3.8) is 0 Å². The summed E-state index contributed by atoms with van der Waals surface area (Å²) in [5.41, 5.74) is 0. The number of rotatable bonds is 57. The van der Waals surface area contributed by atoms with Gasteiger partial charge in [-0.2, -0.15) is 0 Å². The molecule has 0 spiro atoms. The van der Waals surface area contributed by atoms with Crippen molar-refractivity contribution in [3.8, 4) is 0 Å². The fourth-order valence-electron chi connectivity index (χ4n) is 8.47. The summed E-state index contributed by atoms with van der Waals surface area (Å²) in [5, 5.41) is 17.9. The van der Waals surface area contributed by atoms with E-state index in [2.05, 4.69) is 52.2 Å². The number of hydrogen-bond acceptors (Lipinski definition) is 8. The summed E-state index contributed by atoms with van der Waals surface area (Å²) in [7, 11) is 4.72. The molecule has 0 saturated carbocycles. The van der Waals surface area contributed by atoms with E-state index in [9.17, 15) is 0 Å². The summed E-state index contributed by atoms with van der Waals surface area (Å²) in [6.07, 6.45) is 53.2. The monoisotopic (exact) mass is 976 g/mol. The molecule has 0 aliphatic rings. The molecule has 0 radical (unpaired) electrons. The molecular weight excluding hydrogens is 862 g/mol. The lowest BCUT2D eigenvalue weighted by atomic mass is 10.1. The number of allylic oxidation sites excluding steroid dienone is 4. The SMILES string of the molecule is CCCCCCCCC=CCCCCCCCCOCC(C[N+](C)(C)CCCCCCCC(OCCOCCO)OCCOCCO)OCCCCCCCCC=CCCCCCCCC.[Cl-]. The zero-order valence-corrected chi connectivity index (χ0v) is 45.6. The summed E-state index contributed by atoms with van der Waals surface area (Å²) < 4.78 is 36.4. The van der Waals surface area contributed by atoms with Gasteiger partial charge < -0.3 is 55.5 Å². The van der Waals surface area contributed by atoms with Gasteiger partial charge in [0.05, 0.1) is 80.1 Å². The number of aliphatic hydroxyl groups is 2. The van der Waals surface area contributed by atoms with Gasteiger partial charge in [-0.3, -0.25) is 0 Å². The van der Waals surface area contributed by atoms with E-state index >= 15 is 0 Å². The predicted molar refractivity (Wildman–Crippen MR) is 281 cm³/mol. The smallest absolute Gasteiger partial charge is 0.157 e. The van der Waals surface area contributed by atoms with E-state index in [-0.39, 0.29) is 38.0 Å². The minimum Gasteiger partial charge on any atom is -1.00 e. The van der Waals surface area contributed by atoms with E-state index in [4.69, 9.17) is 38.6 Å². The van der Waals surface area contributed by atoms with Gasteiger partial charge in [0.2, 0.25) is 0 Å². The highest BCUT2D eigenvalue weighted by Crippen LogP contribution is 2.16. The summed E-state index contributed by atoms with van der Waals surface area (Å²) in [6.45, 7) is 11.5. The summed E-state index contributed by atoms with van der Waals surface area (Å²) in [4.78, 5) is 0. The van der Waals surface area contributed by atoms with Crippen molar-refractivity contribution in [1.29, 1.82) is 0 Å². The van der Waals surface area contributed by atoms with E-state index in [1.54, 1.807) is 0 Å². The molecule has 1 unspecified atom stereocenters. The second-order valence-electron chi connectivity index (χ2n) is 19.7. The van der Waals surface area contributed by atoms with E-state index in [1.165, 1.54) is 186 Å². The Labute approximate surface area is 422 Å². The van der Waals surface area contributed by atoms with E-state index in [1.807, 2.05) is 0 Å². The minimum atomic E-state index is -0.297. The van der Waals surface area contributed by atoms with Crippen molar-refractivity contribution < 1.29 is 55.5 Å². The molecule has 0 fully saturated rings. The Morgan fingerprint density at radius 3 is 1.22 bits per heavy atom. The molecule has 0 rings (SSSR count). The Morgan fingerprint density at radius 1 is 0.388 bits per heavy atom. The van der Waals surface area contributed by atoms with Crippen LogP contribution in [0.25, 0.3) is 0 Å². The molecule has 10 heteroatoms. The maximum Gasteiger partial charge on any atom is 0.157 e. The van der Waals surface area contributed by atoms with Crippen LogP contribution in [0.3, 0.4) is 0 Å². The molecule has 0 aliphatic heterocycles. The van der Waals surface area contributed by atoms with Crippen molar-refractivity contribution in [1.82, 2.24) is 0 Å². The number of likely N-dealkylation sites (N-methyl/N-ethyl adjacent to an activating group) is 1. The molecule has 0 aromatic heterocycles. The number of hydrogen-bond donors (Lipinski definition) is 2. The van der Waals surface area contributed by atoms with Crippen LogP contribution in [0.2, 0.25) is 0 Å². The summed E-state index contributed by atoms with van der Waals surface area (Å²) in [6, 6.07) is 0. The number of aliphatic hydroxyl groups excluding tert-OH is 2. The quantitative estimate of drug-likeness (QED) is 0.0269. The minimum absolute atomic E-state index is 0. The van der Waals surface area contributed by atoms with Gasteiger partial charge in [-0.05, 0) is 89.9 Å². The number of unbranched alkanes of at least 4 members (excludes halogenated alkanes) is 28. The molecular formula is C57H114ClNO8. The molecule has 9 nitrogen and oxygen atoms in total. The van der Waals surface area contributed by atoms with Crippen LogP contribution in [0.15, 0.2) is 24.3 Å². The maximum atomic E-state index is 8.94. The zero-order valence-electron chi connectivity index (χ0n) is 44.9. The second-order valence-corrected chi connectivity index (χ2v) is 19.7. The molecule has 0 aromatic rings. The van der Waals surface area contributed by atoms with Gasteiger partial charge in [-0.1, -0.05) is 167 Å². The van der Waals surface area contributed by atoms with Gasteiger partial charge in [-0.15, -0.1) is 0 Å². The van der Waals surface area contributed by atoms with Crippen LogP contribution in [-0.2, 0) is 28.4 Å². The second kappa shape index (κ2) is 58.0. The van der Waals surface area contributed by atoms with E-state index < -0.39 is 0 Å². The van der Waals surface area contributed by atoms with Gasteiger partial charge in [-0.25, -0.2) is 0 Å². The lowest BCUT2D eigenvalue weighted by Gasteiger charge is -2.33. The van der Waals surface area contributed by atoms with E-state index in [0.717, 1.165) is 62.9 Å². The summed E-state index contributed by atoms with van der Waals surface area (Å²) >= 11 is 0. The third-order valence-electron chi connectivity index (χ3n) is 12.5. The number of nitrogens with zero attached hydrogens (tertiary/aromatic N) is 1. The Morgan fingerprint density at radius 2 is 0.776 bits per heavy atom. The molecule has 2 N–H and O–H groups in total. The fraction of sp³-hybridized carbons (Fsp3) is 0.930. The number of quaternary nitrogens is 1. The van der Waals surface area contributed by atoms with Crippen molar-refractivity contribution in [2.45, 2.75) is 245 Å². The molecule has 0 heterocycles. The molecule has 0 aromatic carbocycles. The first-order valence-electron chi connectivity index (χ1n) is 28.4. The van der Waals surface area contributed by atoms with Gasteiger partial charge in [0, 0.05) is 13.2 Å². The zero-order chi connectivity index (χ0) is 48.0. The molecule has 402 valence electrons. The molecule has 67 heavy (non-hydrogen) atoms. The normalized spacial score (nSPS) is 12.6. The Balaban J connectivity index is 0. The Hall–Kier alpha value is -0.590. The van der Waals surface area contributed by atoms with Gasteiger partial charge in [0.15, 0.2) is 6.29 Å². The Bertz CT molecular complexity index is 958. The van der Waals surface area contributed by atoms with Crippen LogP contribution >= 0.6 is 0 Å². The lowest BCUT2D eigenvalue weighted by Crippen LogP contribution is -3.00. The first-order chi connectivity index (χ1) is 32.5. The highest BCUT2D eigenvalue weighted by Gasteiger charge is 2.23. The lowest BCUT2D eigenvalue weighted by molar-refractivity contribution is -0.893. The number of ether oxygens (including phenoxy) is 6. The van der Waals surface area contributed by atoms with Crippen molar-refractivity contribution in [2.75, 3.05) is 99.9 Å². The average Bonchev–Trinajstić information content (AvgIpc) is 3.31. The number of halogens is 1. The van der Waals surface area contributed by atoms with Crippen molar-refractivity contribution in [3.05, 3.63) is 24.3 Å². The molecule has 0 saturated heterocycles. The van der Waals surface area contributed by atoms with Crippen LogP contribution in [0, 0.1) is 0 Å². The first kappa shape index (κ1) is 68.5. The van der Waals surface area contributed by atoms with Crippen LogP contribution in [-0.4, -0.2) is 127 Å². The molecule has 0 bridgehead atoms. The average molecular weight is 977 g/mol. The van der Waals surface area contributed by atoms with Gasteiger partial charge in [0.1, 0.15) is 12.6 Å².